The zero-order valence-electron chi connectivity index (χ0n) is 16.9. The smallest absolute Gasteiger partial charge is 0.328 e. The molecule has 0 fully saturated rings. The zero-order chi connectivity index (χ0) is 23.4. The molecule has 1 aromatic rings. The molecule has 0 saturated heterocycles. The van der Waals surface area contributed by atoms with Crippen molar-refractivity contribution >= 4 is 48.1 Å². The number of carboxylic acid groups (broad SMARTS) is 1. The number of hydrogen-bond acceptors (Lipinski definition) is 9. The number of aromatic amines is 1. The number of aromatic nitrogens is 2. The summed E-state index contributed by atoms with van der Waals surface area (Å²) >= 11 is 5.40. The Bertz CT molecular complexity index is 735. The van der Waals surface area contributed by atoms with Crippen molar-refractivity contribution in [2.24, 2.45) is 5.73 Å². The van der Waals surface area contributed by atoms with E-state index in [1.54, 1.807) is 0 Å². The highest BCUT2D eigenvalue weighted by Gasteiger charge is 2.30. The fourth-order valence-electron chi connectivity index (χ4n) is 2.42. The van der Waals surface area contributed by atoms with Crippen LogP contribution in [0.3, 0.4) is 0 Å². The van der Waals surface area contributed by atoms with E-state index in [1.165, 1.54) is 24.3 Å². The molecule has 0 saturated carbocycles. The standard InChI is InChI=1S/C17H28N6O6S2/c1-31-3-2-11(15(26)23-13(6-24)17(28)29)21-16(27)12(4-9-5-19-8-20-9)22-14(25)10(18)7-30/h5,8,10-13,24,30H,2-4,6-7,18H2,1H3,(H,19,20)(H,21,27)(H,22,25)(H,23,26)(H,28,29). The van der Waals surface area contributed by atoms with Crippen LogP contribution in [0.2, 0.25) is 0 Å². The highest BCUT2D eigenvalue weighted by atomic mass is 32.2. The van der Waals surface area contributed by atoms with Crippen LogP contribution < -0.4 is 21.7 Å². The molecule has 4 unspecified atom stereocenters. The second-order valence-electron chi connectivity index (χ2n) is 6.56. The average molecular weight is 477 g/mol. The number of rotatable bonds is 14. The number of thiol groups is 1. The summed E-state index contributed by atoms with van der Waals surface area (Å²) in [6.45, 7) is -0.801. The Kier molecular flexibility index (Phi) is 12.0. The predicted molar refractivity (Wildman–Crippen MR) is 118 cm³/mol. The minimum atomic E-state index is -1.50. The number of nitrogens with two attached hydrogens (primary N) is 1. The number of hydrogen-bond donors (Lipinski definition) is 8. The van der Waals surface area contributed by atoms with Crippen molar-refractivity contribution < 1.29 is 29.4 Å². The molecule has 0 aliphatic heterocycles. The van der Waals surface area contributed by atoms with Crippen molar-refractivity contribution in [3.63, 3.8) is 0 Å². The molecule has 0 spiro atoms. The van der Waals surface area contributed by atoms with Gasteiger partial charge in [0, 0.05) is 24.1 Å². The number of carbonyl (C=O) groups is 4. The maximum Gasteiger partial charge on any atom is 0.328 e. The number of nitrogens with one attached hydrogen (secondary N) is 4. The van der Waals surface area contributed by atoms with E-state index in [9.17, 15) is 19.2 Å². The monoisotopic (exact) mass is 476 g/mol. The first-order valence-corrected chi connectivity index (χ1v) is 11.3. The van der Waals surface area contributed by atoms with Gasteiger partial charge in [-0.1, -0.05) is 0 Å². The lowest BCUT2D eigenvalue weighted by Crippen LogP contribution is -2.58. The van der Waals surface area contributed by atoms with E-state index in [4.69, 9.17) is 15.9 Å². The molecule has 0 aliphatic rings. The number of thioether (sulfide) groups is 1. The SMILES string of the molecule is CSCCC(NC(=O)C(Cc1cnc[nH]1)NC(=O)C(N)CS)C(=O)NC(CO)C(=O)O. The molecule has 8 N–H and O–H groups in total. The summed E-state index contributed by atoms with van der Waals surface area (Å²) < 4.78 is 0. The van der Waals surface area contributed by atoms with Crippen LogP contribution in [-0.4, -0.2) is 92.4 Å². The predicted octanol–water partition coefficient (Wildman–Crippen LogP) is -2.51. The summed E-state index contributed by atoms with van der Waals surface area (Å²) in [7, 11) is 0. The maximum absolute atomic E-state index is 12.9. The van der Waals surface area contributed by atoms with Gasteiger partial charge in [-0.3, -0.25) is 14.4 Å². The van der Waals surface area contributed by atoms with Crippen LogP contribution in [-0.2, 0) is 25.6 Å². The third kappa shape index (κ3) is 9.16. The molecule has 12 nitrogen and oxygen atoms in total. The lowest BCUT2D eigenvalue weighted by molar-refractivity contribution is -0.143. The van der Waals surface area contributed by atoms with Crippen molar-refractivity contribution in [1.82, 2.24) is 25.9 Å². The normalized spacial score (nSPS) is 14.7. The second kappa shape index (κ2) is 13.9. The van der Waals surface area contributed by atoms with Gasteiger partial charge >= 0.3 is 5.97 Å². The molecule has 1 rings (SSSR count). The molecular weight excluding hydrogens is 448 g/mol. The first-order valence-electron chi connectivity index (χ1n) is 9.30. The lowest BCUT2D eigenvalue weighted by atomic mass is 10.1. The number of H-pyrrole nitrogens is 1. The Labute approximate surface area is 188 Å². The Balaban J connectivity index is 2.97. The number of imidazole rings is 1. The van der Waals surface area contributed by atoms with Gasteiger partial charge in [0.1, 0.15) is 18.1 Å². The van der Waals surface area contributed by atoms with Gasteiger partial charge in [0.25, 0.3) is 0 Å². The van der Waals surface area contributed by atoms with Gasteiger partial charge in [0.15, 0.2) is 0 Å². The van der Waals surface area contributed by atoms with Gasteiger partial charge in [-0.25, -0.2) is 9.78 Å². The number of carbonyl (C=O) groups excluding carboxylic acids is 3. The number of amides is 3. The van der Waals surface area contributed by atoms with E-state index in [1.807, 2.05) is 6.26 Å². The van der Waals surface area contributed by atoms with Crippen LogP contribution >= 0.6 is 24.4 Å². The first kappa shape index (κ1) is 26.7. The average Bonchev–Trinajstić information content (AvgIpc) is 3.26. The Morgan fingerprint density at radius 2 is 1.77 bits per heavy atom. The van der Waals surface area contributed by atoms with Crippen molar-refractivity contribution in [3.05, 3.63) is 18.2 Å². The Morgan fingerprint density at radius 3 is 2.29 bits per heavy atom. The number of aliphatic hydroxyl groups excluding tert-OH is 1. The highest BCUT2D eigenvalue weighted by molar-refractivity contribution is 7.98. The van der Waals surface area contributed by atoms with E-state index in [0.717, 1.165) is 0 Å². The number of aliphatic carboxylic acids is 1. The number of carboxylic acids is 1. The van der Waals surface area contributed by atoms with Crippen molar-refractivity contribution in [3.8, 4) is 0 Å². The molecule has 4 atom stereocenters. The molecule has 0 aromatic carbocycles. The maximum atomic E-state index is 12.9. The van der Waals surface area contributed by atoms with Gasteiger partial charge in [-0.2, -0.15) is 24.4 Å². The lowest BCUT2D eigenvalue weighted by Gasteiger charge is -2.24. The van der Waals surface area contributed by atoms with Crippen molar-refractivity contribution in [1.29, 1.82) is 0 Å². The van der Waals surface area contributed by atoms with Gasteiger partial charge in [-0.05, 0) is 18.4 Å². The van der Waals surface area contributed by atoms with Crippen LogP contribution in [0.4, 0.5) is 0 Å². The van der Waals surface area contributed by atoms with Crippen LogP contribution in [0.5, 0.6) is 0 Å². The third-order valence-electron chi connectivity index (χ3n) is 4.19. The van der Waals surface area contributed by atoms with Crippen LogP contribution in [0.25, 0.3) is 0 Å². The molecule has 0 bridgehead atoms. The summed E-state index contributed by atoms with van der Waals surface area (Å²) in [4.78, 5) is 55.4. The zero-order valence-corrected chi connectivity index (χ0v) is 18.6. The molecule has 31 heavy (non-hydrogen) atoms. The molecule has 3 amide bonds. The molecule has 1 heterocycles. The van der Waals surface area contributed by atoms with Gasteiger partial charge in [0.2, 0.25) is 17.7 Å². The van der Waals surface area contributed by atoms with E-state index in [0.29, 0.717) is 11.4 Å². The molecule has 0 radical (unpaired) electrons. The third-order valence-corrected chi connectivity index (χ3v) is 5.22. The molecule has 174 valence electrons. The quantitative estimate of drug-likeness (QED) is 0.134. The summed E-state index contributed by atoms with van der Waals surface area (Å²) in [6, 6.07) is -4.59. The largest absolute Gasteiger partial charge is 0.480 e. The van der Waals surface area contributed by atoms with Crippen LogP contribution in [0, 0.1) is 0 Å². The minimum Gasteiger partial charge on any atom is -0.480 e. The Hall–Kier alpha value is -2.29. The molecular formula is C17H28N6O6S2. The molecule has 14 heteroatoms. The topological polar surface area (TPSA) is 200 Å². The number of aliphatic hydroxyl groups is 1. The van der Waals surface area contributed by atoms with Crippen LogP contribution in [0.15, 0.2) is 12.5 Å². The summed E-state index contributed by atoms with van der Waals surface area (Å²) in [5.74, 6) is -2.85. The summed E-state index contributed by atoms with van der Waals surface area (Å²) in [5, 5.41) is 25.4. The van der Waals surface area contributed by atoms with Crippen LogP contribution in [0.1, 0.15) is 12.1 Å². The van der Waals surface area contributed by atoms with E-state index in [-0.39, 0.29) is 18.6 Å². The van der Waals surface area contributed by atoms with Gasteiger partial charge in [-0.15, -0.1) is 0 Å². The van der Waals surface area contributed by atoms with E-state index in [2.05, 4.69) is 38.5 Å². The Morgan fingerprint density at radius 1 is 1.16 bits per heavy atom. The summed E-state index contributed by atoms with van der Waals surface area (Å²) in [5.41, 5.74) is 6.23. The molecule has 1 aromatic heterocycles. The first-order chi connectivity index (χ1) is 14.7. The number of nitrogens with zero attached hydrogens (tertiary/aromatic N) is 1. The van der Waals surface area contributed by atoms with E-state index < -0.39 is 54.5 Å². The summed E-state index contributed by atoms with van der Waals surface area (Å²) in [6.07, 6.45) is 4.98. The van der Waals surface area contributed by atoms with Gasteiger partial charge < -0.3 is 36.9 Å². The highest BCUT2D eigenvalue weighted by Crippen LogP contribution is 2.05. The fourth-order valence-corrected chi connectivity index (χ4v) is 3.06. The minimum absolute atomic E-state index is 0.0577. The van der Waals surface area contributed by atoms with E-state index >= 15 is 0 Å². The van der Waals surface area contributed by atoms with Gasteiger partial charge in [0.05, 0.1) is 19.0 Å². The van der Waals surface area contributed by atoms with Crippen molar-refractivity contribution in [2.45, 2.75) is 37.0 Å². The molecule has 0 aliphatic carbocycles. The fraction of sp³-hybridized carbons (Fsp3) is 0.588. The second-order valence-corrected chi connectivity index (χ2v) is 7.91. The van der Waals surface area contributed by atoms with Crippen molar-refractivity contribution in [2.75, 3.05) is 24.4 Å².